The Labute approximate surface area is 128 Å². The molecule has 1 atom stereocenters. The van der Waals surface area contributed by atoms with E-state index < -0.39 is 11.7 Å². The second-order valence-corrected chi connectivity index (χ2v) is 6.45. The van der Waals surface area contributed by atoms with Crippen molar-refractivity contribution in [1.82, 2.24) is 0 Å². The summed E-state index contributed by atoms with van der Waals surface area (Å²) in [6.07, 6.45) is -2.52. The lowest BCUT2D eigenvalue weighted by atomic mass is 10.1. The molecule has 0 saturated heterocycles. The maximum Gasteiger partial charge on any atom is 0.418 e. The summed E-state index contributed by atoms with van der Waals surface area (Å²) in [7, 11) is 0. The molecule has 0 aliphatic carbocycles. The number of rotatable bonds is 2. The predicted molar refractivity (Wildman–Crippen MR) is 81.4 cm³/mol. The molecule has 1 aromatic rings. The van der Waals surface area contributed by atoms with Gasteiger partial charge in [-0.05, 0) is 31.0 Å². The van der Waals surface area contributed by atoms with Crippen LogP contribution in [0.15, 0.2) is 27.7 Å². The minimum absolute atomic E-state index is 0.0451. The van der Waals surface area contributed by atoms with Crippen LogP contribution in [0.1, 0.15) is 25.3 Å². The van der Waals surface area contributed by atoms with Crippen LogP contribution in [0.2, 0.25) is 0 Å². The van der Waals surface area contributed by atoms with Gasteiger partial charge in [0.05, 0.1) is 17.3 Å². The third kappa shape index (κ3) is 3.91. The number of halogens is 4. The molecule has 2 nitrogen and oxygen atoms in total. The predicted octanol–water partition coefficient (Wildman–Crippen LogP) is 5.15. The Morgan fingerprint density at radius 3 is 2.85 bits per heavy atom. The summed E-state index contributed by atoms with van der Waals surface area (Å²) in [4.78, 5) is 4.43. The van der Waals surface area contributed by atoms with Crippen LogP contribution in [0, 0.1) is 0 Å². The number of aliphatic imine (C=N–C) groups is 1. The molecule has 2 rings (SSSR count). The summed E-state index contributed by atoms with van der Waals surface area (Å²) >= 11 is 4.53. The highest BCUT2D eigenvalue weighted by molar-refractivity contribution is 9.10. The van der Waals surface area contributed by atoms with Crippen LogP contribution < -0.4 is 5.32 Å². The van der Waals surface area contributed by atoms with E-state index in [4.69, 9.17) is 0 Å². The molecular weight excluding hydrogens is 353 g/mol. The molecular formula is C13H14BrF3N2S. The van der Waals surface area contributed by atoms with Gasteiger partial charge in [-0.25, -0.2) is 0 Å². The summed E-state index contributed by atoms with van der Waals surface area (Å²) < 4.78 is 39.5. The molecule has 0 fully saturated rings. The van der Waals surface area contributed by atoms with E-state index in [2.05, 4.69) is 26.2 Å². The maximum absolute atomic E-state index is 13.0. The van der Waals surface area contributed by atoms with Crippen LogP contribution in [-0.2, 0) is 6.18 Å². The third-order valence-electron chi connectivity index (χ3n) is 2.99. The van der Waals surface area contributed by atoms with Gasteiger partial charge in [-0.2, -0.15) is 13.2 Å². The zero-order valence-corrected chi connectivity index (χ0v) is 13.2. The smallest absolute Gasteiger partial charge is 0.334 e. The van der Waals surface area contributed by atoms with Crippen molar-refractivity contribution in [3.05, 3.63) is 28.2 Å². The van der Waals surface area contributed by atoms with E-state index in [1.807, 2.05) is 6.92 Å². The Kier molecular flexibility index (Phi) is 5.01. The summed E-state index contributed by atoms with van der Waals surface area (Å²) in [5, 5.41) is 3.39. The molecule has 1 N–H and O–H groups in total. The van der Waals surface area contributed by atoms with Crippen molar-refractivity contribution in [3.8, 4) is 0 Å². The second kappa shape index (κ2) is 6.39. The topological polar surface area (TPSA) is 24.4 Å². The molecule has 0 saturated carbocycles. The van der Waals surface area contributed by atoms with Gasteiger partial charge in [0.25, 0.3) is 0 Å². The number of thioether (sulfide) groups is 1. The lowest BCUT2D eigenvalue weighted by Gasteiger charge is -2.21. The molecule has 0 radical (unpaired) electrons. The Bertz CT molecular complexity index is 517. The summed E-state index contributed by atoms with van der Waals surface area (Å²) in [6.45, 7) is 2.03. The van der Waals surface area contributed by atoms with E-state index in [0.29, 0.717) is 9.64 Å². The second-order valence-electron chi connectivity index (χ2n) is 4.45. The Hall–Kier alpha value is -0.690. The zero-order valence-electron chi connectivity index (χ0n) is 10.8. The van der Waals surface area contributed by atoms with Gasteiger partial charge in [-0.3, -0.25) is 4.99 Å². The Balaban J connectivity index is 2.27. The van der Waals surface area contributed by atoms with Gasteiger partial charge in [0.15, 0.2) is 5.17 Å². The van der Waals surface area contributed by atoms with Gasteiger partial charge < -0.3 is 5.32 Å². The molecule has 20 heavy (non-hydrogen) atoms. The Morgan fingerprint density at radius 1 is 1.45 bits per heavy atom. The molecule has 7 heteroatoms. The quantitative estimate of drug-likeness (QED) is 0.782. The molecule has 1 aliphatic rings. The van der Waals surface area contributed by atoms with Crippen LogP contribution in [0.25, 0.3) is 0 Å². The molecule has 0 spiro atoms. The first-order valence-corrected chi connectivity index (χ1v) is 8.02. The number of hydrogen-bond donors (Lipinski definition) is 1. The molecule has 0 bridgehead atoms. The fourth-order valence-electron chi connectivity index (χ4n) is 1.90. The first kappa shape index (κ1) is 15.7. The van der Waals surface area contributed by atoms with Crippen molar-refractivity contribution >= 4 is 38.5 Å². The molecule has 1 aromatic carbocycles. The number of nitrogens with one attached hydrogen (secondary N) is 1. The van der Waals surface area contributed by atoms with Crippen LogP contribution in [-0.4, -0.2) is 17.0 Å². The lowest BCUT2D eigenvalue weighted by molar-refractivity contribution is -0.136. The number of amidine groups is 1. The van der Waals surface area contributed by atoms with Crippen LogP contribution in [0.5, 0.6) is 0 Å². The fraction of sp³-hybridized carbons (Fsp3) is 0.462. The largest absolute Gasteiger partial charge is 0.418 e. The lowest BCUT2D eigenvalue weighted by Crippen LogP contribution is -2.21. The van der Waals surface area contributed by atoms with Crippen LogP contribution >= 0.6 is 27.7 Å². The first-order valence-electron chi connectivity index (χ1n) is 6.24. The van der Waals surface area contributed by atoms with E-state index in [0.717, 1.165) is 24.7 Å². The van der Waals surface area contributed by atoms with Gasteiger partial charge in [0.1, 0.15) is 0 Å². The molecule has 0 aromatic heterocycles. The number of hydrogen-bond acceptors (Lipinski definition) is 3. The minimum Gasteiger partial charge on any atom is -0.334 e. The summed E-state index contributed by atoms with van der Waals surface area (Å²) in [6, 6.07) is 4.28. The number of nitrogens with zero attached hydrogens (tertiary/aromatic N) is 1. The standard InChI is InChI=1S/C13H14BrF3N2S/c1-2-9-5-6-20-12(18-9)19-11-4-3-8(14)7-10(11)13(15,16)17/h3-4,7,9H,2,5-6H2,1H3,(H,18,19). The molecule has 0 amide bonds. The zero-order chi connectivity index (χ0) is 14.8. The number of benzene rings is 1. The summed E-state index contributed by atoms with van der Waals surface area (Å²) in [5.41, 5.74) is -0.641. The van der Waals surface area contributed by atoms with Crippen molar-refractivity contribution in [1.29, 1.82) is 0 Å². The van der Waals surface area contributed by atoms with Crippen molar-refractivity contribution in [2.45, 2.75) is 32.0 Å². The van der Waals surface area contributed by atoms with Gasteiger partial charge in [-0.15, -0.1) is 0 Å². The fourth-order valence-corrected chi connectivity index (χ4v) is 3.25. The van der Waals surface area contributed by atoms with Crippen molar-refractivity contribution < 1.29 is 13.2 Å². The highest BCUT2D eigenvalue weighted by atomic mass is 79.9. The van der Waals surface area contributed by atoms with Crippen LogP contribution in [0.3, 0.4) is 0 Å². The minimum atomic E-state index is -4.39. The average Bonchev–Trinajstić information content (AvgIpc) is 2.40. The van der Waals surface area contributed by atoms with E-state index in [1.54, 1.807) is 6.07 Å². The first-order chi connectivity index (χ1) is 9.40. The van der Waals surface area contributed by atoms with Gasteiger partial charge in [-0.1, -0.05) is 34.6 Å². The van der Waals surface area contributed by atoms with Gasteiger partial charge in [0, 0.05) is 10.2 Å². The third-order valence-corrected chi connectivity index (χ3v) is 4.40. The molecule has 1 unspecified atom stereocenters. The highest BCUT2D eigenvalue weighted by Gasteiger charge is 2.34. The maximum atomic E-state index is 13.0. The molecule has 110 valence electrons. The summed E-state index contributed by atoms with van der Waals surface area (Å²) in [5.74, 6) is 0.877. The monoisotopic (exact) mass is 366 g/mol. The Morgan fingerprint density at radius 2 is 2.20 bits per heavy atom. The number of anilines is 1. The molecule has 1 heterocycles. The van der Waals surface area contributed by atoms with Gasteiger partial charge in [0.2, 0.25) is 0 Å². The van der Waals surface area contributed by atoms with E-state index in [9.17, 15) is 13.2 Å². The van der Waals surface area contributed by atoms with Crippen molar-refractivity contribution in [2.24, 2.45) is 4.99 Å². The van der Waals surface area contributed by atoms with Crippen molar-refractivity contribution in [3.63, 3.8) is 0 Å². The van der Waals surface area contributed by atoms with E-state index in [-0.39, 0.29) is 11.7 Å². The normalized spacial score (nSPS) is 19.6. The average molecular weight is 367 g/mol. The van der Waals surface area contributed by atoms with Gasteiger partial charge >= 0.3 is 6.18 Å². The van der Waals surface area contributed by atoms with Crippen LogP contribution in [0.4, 0.5) is 18.9 Å². The highest BCUT2D eigenvalue weighted by Crippen LogP contribution is 2.37. The SMILES string of the molecule is CCC1CCSC(Nc2ccc(Br)cc2C(F)(F)F)=N1. The van der Waals surface area contributed by atoms with E-state index >= 15 is 0 Å². The molecule has 1 aliphatic heterocycles. The van der Waals surface area contributed by atoms with E-state index in [1.165, 1.54) is 17.8 Å². The number of alkyl halides is 3. The van der Waals surface area contributed by atoms with Crippen molar-refractivity contribution in [2.75, 3.05) is 11.1 Å².